The Bertz CT molecular complexity index is 1000. The maximum Gasteiger partial charge on any atom is 0.270 e. The third kappa shape index (κ3) is 5.33. The van der Waals surface area contributed by atoms with E-state index in [-0.39, 0.29) is 11.6 Å². The van der Waals surface area contributed by atoms with Crippen LogP contribution < -0.4 is 9.88 Å². The first-order chi connectivity index (χ1) is 14.0. The van der Waals surface area contributed by atoms with E-state index in [2.05, 4.69) is 12.2 Å². The van der Waals surface area contributed by atoms with Crippen molar-refractivity contribution in [1.82, 2.24) is 5.32 Å². The summed E-state index contributed by atoms with van der Waals surface area (Å²) in [6.45, 7) is 4.48. The summed E-state index contributed by atoms with van der Waals surface area (Å²) in [4.78, 5) is 13.8. The van der Waals surface area contributed by atoms with Gasteiger partial charge in [0.15, 0.2) is 17.4 Å². The molecule has 3 rings (SSSR count). The molecule has 0 fully saturated rings. The summed E-state index contributed by atoms with van der Waals surface area (Å²) in [7, 11) is 0. The Morgan fingerprint density at radius 2 is 1.72 bits per heavy atom. The number of halogens is 1. The lowest BCUT2D eigenvalue weighted by Gasteiger charge is -2.15. The molecule has 1 N–H and O–H groups in total. The lowest BCUT2D eigenvalue weighted by Crippen LogP contribution is -2.51. The Labute approximate surface area is 176 Å². The van der Waals surface area contributed by atoms with Crippen molar-refractivity contribution >= 4 is 23.0 Å². The van der Waals surface area contributed by atoms with Crippen molar-refractivity contribution < 1.29 is 13.8 Å². The zero-order valence-corrected chi connectivity index (χ0v) is 17.4. The number of nitrogens with one attached hydrogen (secondary N) is 1. The molecule has 0 aliphatic carbocycles. The number of benzene rings is 2. The number of aromatic nitrogens is 1. The molecule has 0 unspecified atom stereocenters. The standard InChI is InChI=1S/C24H23FN2OS/c1-3-18-6-10-20(11-7-18)23(28)22(27-14-4-5-17(2)16-27)24(29)26-15-19-8-12-21(25)13-9-19/h4-14,16,22H,3,15H2,1-2H3/p+1/t22-/m0/s1. The Kier molecular flexibility index (Phi) is 6.83. The molecule has 0 spiro atoms. The summed E-state index contributed by atoms with van der Waals surface area (Å²) < 4.78 is 15.0. The van der Waals surface area contributed by atoms with Crippen LogP contribution >= 0.6 is 12.2 Å². The number of ketones is 1. The molecule has 2 aromatic carbocycles. The van der Waals surface area contributed by atoms with Gasteiger partial charge in [-0.1, -0.05) is 55.5 Å². The van der Waals surface area contributed by atoms with Crippen molar-refractivity contribution in [2.24, 2.45) is 0 Å². The van der Waals surface area contributed by atoms with Gasteiger partial charge in [0.1, 0.15) is 5.82 Å². The van der Waals surface area contributed by atoms with Crippen LogP contribution in [0.25, 0.3) is 0 Å². The average Bonchev–Trinajstić information content (AvgIpc) is 2.73. The summed E-state index contributed by atoms with van der Waals surface area (Å²) in [6, 6.07) is 17.1. The summed E-state index contributed by atoms with van der Waals surface area (Å²) >= 11 is 5.62. The number of thiocarbonyl (C=S) groups is 1. The Balaban J connectivity index is 1.86. The average molecular weight is 408 g/mol. The van der Waals surface area contributed by atoms with E-state index in [1.165, 1.54) is 17.7 Å². The molecule has 0 aliphatic heterocycles. The van der Waals surface area contributed by atoms with E-state index in [4.69, 9.17) is 12.2 Å². The largest absolute Gasteiger partial charge is 0.370 e. The SMILES string of the molecule is CCc1ccc(C(=O)[C@@H](C(=S)NCc2ccc(F)cc2)[n+]2cccc(C)c2)cc1. The van der Waals surface area contributed by atoms with Crippen LogP contribution in [0.2, 0.25) is 0 Å². The molecule has 5 heteroatoms. The van der Waals surface area contributed by atoms with Gasteiger partial charge in [-0.3, -0.25) is 4.79 Å². The van der Waals surface area contributed by atoms with E-state index in [0.29, 0.717) is 17.1 Å². The number of hydrogen-bond acceptors (Lipinski definition) is 2. The minimum Gasteiger partial charge on any atom is -0.370 e. The first kappa shape index (κ1) is 20.8. The summed E-state index contributed by atoms with van der Waals surface area (Å²) in [5, 5.41) is 3.18. The number of carbonyl (C=O) groups excluding carboxylic acids is 1. The van der Waals surface area contributed by atoms with Gasteiger partial charge in [0, 0.05) is 23.7 Å². The molecule has 148 valence electrons. The third-order valence-electron chi connectivity index (χ3n) is 4.79. The lowest BCUT2D eigenvalue weighted by atomic mass is 10.0. The van der Waals surface area contributed by atoms with Crippen molar-refractivity contribution in [1.29, 1.82) is 0 Å². The van der Waals surface area contributed by atoms with Gasteiger partial charge in [0.05, 0.1) is 0 Å². The molecule has 0 aliphatic rings. The Hall–Kier alpha value is -2.92. The highest BCUT2D eigenvalue weighted by atomic mass is 32.1. The smallest absolute Gasteiger partial charge is 0.270 e. The van der Waals surface area contributed by atoms with E-state index < -0.39 is 6.04 Å². The van der Waals surface area contributed by atoms with Crippen LogP contribution in [0.4, 0.5) is 4.39 Å². The maximum atomic E-state index is 13.4. The Morgan fingerprint density at radius 3 is 2.34 bits per heavy atom. The van der Waals surface area contributed by atoms with Gasteiger partial charge in [-0.25, -0.2) is 4.39 Å². The first-order valence-corrected chi connectivity index (χ1v) is 10.0. The molecule has 0 bridgehead atoms. The topological polar surface area (TPSA) is 33.0 Å². The summed E-state index contributed by atoms with van der Waals surface area (Å²) in [5.41, 5.74) is 3.72. The van der Waals surface area contributed by atoms with E-state index in [9.17, 15) is 9.18 Å². The quantitative estimate of drug-likeness (QED) is 0.355. The molecule has 29 heavy (non-hydrogen) atoms. The van der Waals surface area contributed by atoms with Crippen LogP contribution in [-0.4, -0.2) is 10.8 Å². The highest BCUT2D eigenvalue weighted by molar-refractivity contribution is 7.80. The number of pyridine rings is 1. The van der Waals surface area contributed by atoms with E-state index in [1.807, 2.05) is 60.3 Å². The van der Waals surface area contributed by atoms with Gasteiger partial charge >= 0.3 is 0 Å². The van der Waals surface area contributed by atoms with Crippen molar-refractivity contribution in [3.8, 4) is 0 Å². The number of rotatable bonds is 7. The van der Waals surface area contributed by atoms with Gasteiger partial charge in [-0.05, 0) is 42.7 Å². The van der Waals surface area contributed by atoms with Crippen LogP contribution in [0.1, 0.15) is 40.0 Å². The molecule has 3 aromatic rings. The molecule has 0 saturated heterocycles. The molecule has 0 saturated carbocycles. The van der Waals surface area contributed by atoms with Crippen LogP contribution in [0.5, 0.6) is 0 Å². The Morgan fingerprint density at radius 1 is 1.07 bits per heavy atom. The monoisotopic (exact) mass is 407 g/mol. The molecule has 1 atom stereocenters. The fourth-order valence-corrected chi connectivity index (χ4v) is 3.42. The number of hydrogen-bond donors (Lipinski definition) is 1. The van der Waals surface area contributed by atoms with Crippen LogP contribution in [0, 0.1) is 12.7 Å². The third-order valence-corrected chi connectivity index (χ3v) is 5.16. The van der Waals surface area contributed by atoms with E-state index in [0.717, 1.165) is 17.5 Å². The number of carbonyl (C=O) groups is 1. The zero-order valence-electron chi connectivity index (χ0n) is 16.6. The van der Waals surface area contributed by atoms with Crippen molar-refractivity contribution in [3.63, 3.8) is 0 Å². The fraction of sp³-hybridized carbons (Fsp3) is 0.208. The normalized spacial score (nSPS) is 11.7. The highest BCUT2D eigenvalue weighted by Gasteiger charge is 2.33. The molecule has 1 heterocycles. The number of nitrogens with zero attached hydrogens (tertiary/aromatic N) is 1. The molecule has 0 radical (unpaired) electrons. The van der Waals surface area contributed by atoms with Crippen LogP contribution in [0.15, 0.2) is 73.1 Å². The van der Waals surface area contributed by atoms with E-state index >= 15 is 0 Å². The van der Waals surface area contributed by atoms with Gasteiger partial charge in [-0.15, -0.1) is 0 Å². The van der Waals surface area contributed by atoms with Gasteiger partial charge in [0.2, 0.25) is 5.78 Å². The molecule has 1 aromatic heterocycles. The molecule has 0 amide bonds. The van der Waals surface area contributed by atoms with Crippen molar-refractivity contribution in [2.75, 3.05) is 0 Å². The zero-order chi connectivity index (χ0) is 20.8. The highest BCUT2D eigenvalue weighted by Crippen LogP contribution is 2.14. The number of aryl methyl sites for hydroxylation is 2. The first-order valence-electron chi connectivity index (χ1n) is 9.60. The molecule has 3 nitrogen and oxygen atoms in total. The maximum absolute atomic E-state index is 13.4. The molecular weight excluding hydrogens is 383 g/mol. The second kappa shape index (κ2) is 9.52. The predicted molar refractivity (Wildman–Crippen MR) is 116 cm³/mol. The second-order valence-corrected chi connectivity index (χ2v) is 7.43. The van der Waals surface area contributed by atoms with Crippen molar-refractivity contribution in [3.05, 3.63) is 101 Å². The number of Topliss-reactive ketones (excluding diaryl/α,β-unsaturated/α-hetero) is 1. The second-order valence-electron chi connectivity index (χ2n) is 6.99. The predicted octanol–water partition coefficient (Wildman–Crippen LogP) is 4.53. The van der Waals surface area contributed by atoms with Crippen LogP contribution in [0.3, 0.4) is 0 Å². The molecular formula is C24H24FN2OS+. The fourth-order valence-electron chi connectivity index (χ4n) is 3.12. The lowest BCUT2D eigenvalue weighted by molar-refractivity contribution is -0.692. The van der Waals surface area contributed by atoms with E-state index in [1.54, 1.807) is 12.1 Å². The van der Waals surface area contributed by atoms with Gasteiger partial charge in [0.25, 0.3) is 6.04 Å². The van der Waals surface area contributed by atoms with Gasteiger partial charge < -0.3 is 5.32 Å². The minimum absolute atomic E-state index is 0.0696. The summed E-state index contributed by atoms with van der Waals surface area (Å²) in [6.07, 6.45) is 4.68. The van der Waals surface area contributed by atoms with Crippen molar-refractivity contribution in [2.45, 2.75) is 32.9 Å². The minimum atomic E-state index is -0.655. The summed E-state index contributed by atoms with van der Waals surface area (Å²) in [5.74, 6) is -0.352. The van der Waals surface area contributed by atoms with Gasteiger partial charge in [-0.2, -0.15) is 4.57 Å². The van der Waals surface area contributed by atoms with Crippen LogP contribution in [-0.2, 0) is 13.0 Å².